The van der Waals surface area contributed by atoms with Crippen LogP contribution in [-0.2, 0) is 0 Å². The van der Waals surface area contributed by atoms with Gasteiger partial charge >= 0.3 is 0 Å². The number of fused-ring (bicyclic) bond motifs is 2. The third kappa shape index (κ3) is 3.35. The first-order valence-electron chi connectivity index (χ1n) is 10.3. The van der Waals surface area contributed by atoms with E-state index in [-0.39, 0.29) is 24.7 Å². The molecule has 1 N–H and O–H groups in total. The van der Waals surface area contributed by atoms with Crippen molar-refractivity contribution in [2.24, 2.45) is 11.8 Å². The number of carbonyl (C=O) groups excluding carboxylic acids is 1. The normalized spacial score (nSPS) is 27.1. The summed E-state index contributed by atoms with van der Waals surface area (Å²) in [6, 6.07) is 5.45. The first kappa shape index (κ1) is 19.1. The van der Waals surface area contributed by atoms with Crippen LogP contribution in [0.1, 0.15) is 34.6 Å². The van der Waals surface area contributed by atoms with Crippen molar-refractivity contribution in [3.05, 3.63) is 41.5 Å². The maximum absolute atomic E-state index is 13.1. The van der Waals surface area contributed by atoms with Gasteiger partial charge in [0, 0.05) is 19.2 Å². The molecule has 8 heteroatoms. The number of hydrogen-bond acceptors (Lipinski definition) is 7. The molecule has 1 saturated carbocycles. The molecule has 2 fully saturated rings. The Morgan fingerprint density at radius 2 is 1.80 bits per heavy atom. The van der Waals surface area contributed by atoms with Gasteiger partial charge in [0.1, 0.15) is 18.2 Å². The molecular formula is C22H25N3O5. The van der Waals surface area contributed by atoms with Crippen LogP contribution in [0.3, 0.4) is 0 Å². The molecule has 1 amide bonds. The Bertz CT molecular complexity index is 961. The monoisotopic (exact) mass is 411 g/mol. The second-order valence-electron chi connectivity index (χ2n) is 8.36. The maximum atomic E-state index is 13.1. The SMILES string of the molecule is Cc1ncnc(C)c1C(=O)N1C[C@H]2C[C@@H](Oc3ccc4c(c3)OCO4)[C@H](O)C[C@H]2C1. The first-order valence-corrected chi connectivity index (χ1v) is 10.3. The Labute approximate surface area is 174 Å². The molecule has 30 heavy (non-hydrogen) atoms. The quantitative estimate of drug-likeness (QED) is 0.827. The van der Waals surface area contributed by atoms with E-state index < -0.39 is 6.10 Å². The molecule has 5 rings (SSSR count). The van der Waals surface area contributed by atoms with Gasteiger partial charge in [0.05, 0.1) is 23.1 Å². The van der Waals surface area contributed by atoms with Crippen molar-refractivity contribution in [2.75, 3.05) is 19.9 Å². The number of benzene rings is 1. The van der Waals surface area contributed by atoms with Gasteiger partial charge in [-0.05, 0) is 50.7 Å². The minimum absolute atomic E-state index is 0.0253. The molecule has 3 heterocycles. The zero-order chi connectivity index (χ0) is 20.8. The van der Waals surface area contributed by atoms with Crippen LogP contribution in [0.4, 0.5) is 0 Å². The highest BCUT2D eigenvalue weighted by Gasteiger charge is 2.44. The third-order valence-corrected chi connectivity index (χ3v) is 6.44. The van der Waals surface area contributed by atoms with Crippen LogP contribution in [-0.4, -0.2) is 58.0 Å². The van der Waals surface area contributed by atoms with Gasteiger partial charge in [0.2, 0.25) is 6.79 Å². The number of likely N-dealkylation sites (tertiary alicyclic amines) is 1. The predicted octanol–water partition coefficient (Wildman–Crippen LogP) is 2.11. The predicted molar refractivity (Wildman–Crippen MR) is 107 cm³/mol. The molecule has 3 aliphatic rings. The summed E-state index contributed by atoms with van der Waals surface area (Å²) in [7, 11) is 0. The molecule has 0 spiro atoms. The highest BCUT2D eigenvalue weighted by Crippen LogP contribution is 2.40. The average Bonchev–Trinajstić information content (AvgIpc) is 3.34. The summed E-state index contributed by atoms with van der Waals surface area (Å²) >= 11 is 0. The number of ether oxygens (including phenoxy) is 3. The van der Waals surface area contributed by atoms with Gasteiger partial charge < -0.3 is 24.2 Å². The molecule has 4 atom stereocenters. The number of aryl methyl sites for hydroxylation is 2. The van der Waals surface area contributed by atoms with Crippen molar-refractivity contribution >= 4 is 5.91 Å². The van der Waals surface area contributed by atoms with Gasteiger partial charge in [0.15, 0.2) is 11.5 Å². The van der Waals surface area contributed by atoms with E-state index in [0.29, 0.717) is 66.0 Å². The molecule has 8 nitrogen and oxygen atoms in total. The summed E-state index contributed by atoms with van der Waals surface area (Å²) in [5, 5.41) is 10.7. The second kappa shape index (κ2) is 7.43. The highest BCUT2D eigenvalue weighted by molar-refractivity contribution is 5.96. The number of rotatable bonds is 3. The average molecular weight is 411 g/mol. The van der Waals surface area contributed by atoms with E-state index in [4.69, 9.17) is 14.2 Å². The zero-order valence-corrected chi connectivity index (χ0v) is 17.1. The standard InChI is InChI=1S/C22H25N3O5/c1-12-21(13(2)24-10-23-12)22(27)25-8-14-5-17(26)19(6-15(14)9-25)30-16-3-4-18-20(7-16)29-11-28-18/h3-4,7,10,14-15,17,19,26H,5-6,8-9,11H2,1-2H3/t14-,15+,17+,19+/m0/s1. The number of carbonyl (C=O) groups is 1. The topological polar surface area (TPSA) is 94.0 Å². The van der Waals surface area contributed by atoms with Crippen LogP contribution < -0.4 is 14.2 Å². The summed E-state index contributed by atoms with van der Waals surface area (Å²) in [6.07, 6.45) is 1.92. The van der Waals surface area contributed by atoms with Crippen LogP contribution in [0.25, 0.3) is 0 Å². The molecule has 158 valence electrons. The minimum Gasteiger partial charge on any atom is -0.488 e. The van der Waals surface area contributed by atoms with Gasteiger partial charge in [0.25, 0.3) is 5.91 Å². The highest BCUT2D eigenvalue weighted by atomic mass is 16.7. The van der Waals surface area contributed by atoms with Gasteiger partial charge in [-0.1, -0.05) is 0 Å². The molecule has 0 bridgehead atoms. The van der Waals surface area contributed by atoms with Crippen LogP contribution in [0.2, 0.25) is 0 Å². The number of nitrogens with zero attached hydrogens (tertiary/aromatic N) is 3. The fourth-order valence-corrected chi connectivity index (χ4v) is 4.87. The van der Waals surface area contributed by atoms with Crippen molar-refractivity contribution in [3.8, 4) is 17.2 Å². The van der Waals surface area contributed by atoms with Crippen molar-refractivity contribution in [1.29, 1.82) is 0 Å². The fraction of sp³-hybridized carbons (Fsp3) is 0.500. The molecule has 1 aromatic carbocycles. The Kier molecular flexibility index (Phi) is 4.73. The van der Waals surface area contributed by atoms with Crippen molar-refractivity contribution in [1.82, 2.24) is 14.9 Å². The molecule has 0 radical (unpaired) electrons. The van der Waals surface area contributed by atoms with Gasteiger partial charge in [-0.3, -0.25) is 4.79 Å². The lowest BCUT2D eigenvalue weighted by Gasteiger charge is -2.35. The van der Waals surface area contributed by atoms with E-state index in [9.17, 15) is 9.90 Å². The van der Waals surface area contributed by atoms with Crippen LogP contribution in [0.15, 0.2) is 24.5 Å². The third-order valence-electron chi connectivity index (χ3n) is 6.44. The van der Waals surface area contributed by atoms with E-state index in [1.807, 2.05) is 30.9 Å². The Balaban J connectivity index is 1.28. The van der Waals surface area contributed by atoms with Crippen molar-refractivity contribution < 1.29 is 24.1 Å². The summed E-state index contributed by atoms with van der Waals surface area (Å²) in [5.41, 5.74) is 1.99. The number of hydrogen-bond donors (Lipinski definition) is 1. The molecular weight excluding hydrogens is 386 g/mol. The number of aliphatic hydroxyl groups is 1. The number of aliphatic hydroxyl groups excluding tert-OH is 1. The second-order valence-corrected chi connectivity index (χ2v) is 8.36. The Morgan fingerprint density at radius 3 is 2.57 bits per heavy atom. The summed E-state index contributed by atoms with van der Waals surface area (Å²) < 4.78 is 16.9. The Hall–Kier alpha value is -2.87. The van der Waals surface area contributed by atoms with Crippen molar-refractivity contribution in [3.63, 3.8) is 0 Å². The number of amides is 1. The smallest absolute Gasteiger partial charge is 0.257 e. The fourth-order valence-electron chi connectivity index (χ4n) is 4.87. The van der Waals surface area contributed by atoms with E-state index >= 15 is 0 Å². The lowest BCUT2D eigenvalue weighted by atomic mass is 9.78. The van der Waals surface area contributed by atoms with E-state index in [1.165, 1.54) is 6.33 Å². The molecule has 2 aliphatic heterocycles. The lowest BCUT2D eigenvalue weighted by molar-refractivity contribution is -0.0232. The van der Waals surface area contributed by atoms with Gasteiger partial charge in [-0.25, -0.2) is 9.97 Å². The van der Waals surface area contributed by atoms with Gasteiger partial charge in [-0.15, -0.1) is 0 Å². The first-order chi connectivity index (χ1) is 14.5. The van der Waals surface area contributed by atoms with Gasteiger partial charge in [-0.2, -0.15) is 0 Å². The van der Waals surface area contributed by atoms with Crippen LogP contribution in [0.5, 0.6) is 17.2 Å². The minimum atomic E-state index is -0.574. The van der Waals surface area contributed by atoms with Crippen LogP contribution >= 0.6 is 0 Å². The summed E-state index contributed by atoms with van der Waals surface area (Å²) in [4.78, 5) is 23.4. The molecule has 2 aromatic rings. The van der Waals surface area contributed by atoms with Crippen LogP contribution in [0, 0.1) is 25.7 Å². The van der Waals surface area contributed by atoms with E-state index in [1.54, 1.807) is 6.07 Å². The molecule has 1 aliphatic carbocycles. The lowest BCUT2D eigenvalue weighted by Crippen LogP contribution is -2.42. The molecule has 0 unspecified atom stereocenters. The molecule has 1 aromatic heterocycles. The van der Waals surface area contributed by atoms with E-state index in [2.05, 4.69) is 9.97 Å². The summed E-state index contributed by atoms with van der Waals surface area (Å²) in [5.74, 6) is 2.55. The van der Waals surface area contributed by atoms with Crippen molar-refractivity contribution in [2.45, 2.75) is 38.9 Å². The molecule has 1 saturated heterocycles. The maximum Gasteiger partial charge on any atom is 0.257 e. The number of aromatic nitrogens is 2. The largest absolute Gasteiger partial charge is 0.488 e. The van der Waals surface area contributed by atoms with E-state index in [0.717, 1.165) is 0 Å². The summed E-state index contributed by atoms with van der Waals surface area (Å²) in [6.45, 7) is 5.19. The zero-order valence-electron chi connectivity index (χ0n) is 17.1. The Morgan fingerprint density at radius 1 is 1.10 bits per heavy atom.